The van der Waals surface area contributed by atoms with Gasteiger partial charge in [-0.15, -0.1) is 11.3 Å². The maximum absolute atomic E-state index is 11.6. The number of rotatable bonds is 5. The largest absolute Gasteiger partial charge is 0.349 e. The zero-order valence-electron chi connectivity index (χ0n) is 9.99. The van der Waals surface area contributed by atoms with Crippen LogP contribution in [0.2, 0.25) is 0 Å². The number of hydrogen-bond donors (Lipinski definition) is 2. The molecule has 0 aliphatic carbocycles. The summed E-state index contributed by atoms with van der Waals surface area (Å²) < 4.78 is 0. The third-order valence-corrected chi connectivity index (χ3v) is 3.41. The van der Waals surface area contributed by atoms with Crippen molar-refractivity contribution in [3.05, 3.63) is 16.1 Å². The standard InChI is InChI=1S/C11H19N3OS/c1-4-9-14-8(6-16-9)5-13-11(15)10(12)7(2)3/h6-7,10H,4-5,12H2,1-3H3,(H,13,15)/t10-/m0/s1. The number of amides is 1. The minimum atomic E-state index is -0.440. The molecule has 0 aromatic carbocycles. The summed E-state index contributed by atoms with van der Waals surface area (Å²) in [4.78, 5) is 15.9. The van der Waals surface area contributed by atoms with Gasteiger partial charge in [-0.3, -0.25) is 4.79 Å². The van der Waals surface area contributed by atoms with Crippen molar-refractivity contribution in [1.82, 2.24) is 10.3 Å². The van der Waals surface area contributed by atoms with E-state index in [1.54, 1.807) is 11.3 Å². The van der Waals surface area contributed by atoms with Crippen LogP contribution < -0.4 is 11.1 Å². The Morgan fingerprint density at radius 3 is 2.81 bits per heavy atom. The summed E-state index contributed by atoms with van der Waals surface area (Å²) in [5.41, 5.74) is 6.63. The van der Waals surface area contributed by atoms with Gasteiger partial charge in [-0.1, -0.05) is 20.8 Å². The summed E-state index contributed by atoms with van der Waals surface area (Å²) in [6, 6.07) is -0.440. The van der Waals surface area contributed by atoms with E-state index in [0.29, 0.717) is 6.54 Å². The van der Waals surface area contributed by atoms with Crippen LogP contribution in [0.3, 0.4) is 0 Å². The van der Waals surface area contributed by atoms with Crippen LogP contribution in [0, 0.1) is 5.92 Å². The quantitative estimate of drug-likeness (QED) is 0.816. The van der Waals surface area contributed by atoms with Gasteiger partial charge in [0.25, 0.3) is 0 Å². The fraction of sp³-hybridized carbons (Fsp3) is 0.636. The molecule has 0 fully saturated rings. The highest BCUT2D eigenvalue weighted by Crippen LogP contribution is 2.09. The second kappa shape index (κ2) is 5.96. The first-order chi connectivity index (χ1) is 7.54. The zero-order chi connectivity index (χ0) is 12.1. The number of nitrogens with zero attached hydrogens (tertiary/aromatic N) is 1. The van der Waals surface area contributed by atoms with E-state index in [0.717, 1.165) is 17.1 Å². The Labute approximate surface area is 100 Å². The molecule has 1 amide bonds. The van der Waals surface area contributed by atoms with Crippen molar-refractivity contribution < 1.29 is 4.79 Å². The van der Waals surface area contributed by atoms with Gasteiger partial charge in [0.05, 0.1) is 23.3 Å². The number of aromatic nitrogens is 1. The number of hydrogen-bond acceptors (Lipinski definition) is 4. The highest BCUT2D eigenvalue weighted by atomic mass is 32.1. The predicted molar refractivity (Wildman–Crippen MR) is 66.2 cm³/mol. The third-order valence-electron chi connectivity index (χ3n) is 2.37. The Morgan fingerprint density at radius 2 is 2.31 bits per heavy atom. The molecule has 0 spiro atoms. The molecule has 0 radical (unpaired) electrons. The van der Waals surface area contributed by atoms with E-state index in [4.69, 9.17) is 5.73 Å². The van der Waals surface area contributed by atoms with Crippen molar-refractivity contribution >= 4 is 17.2 Å². The Balaban J connectivity index is 2.42. The van der Waals surface area contributed by atoms with Crippen LogP contribution in [0.25, 0.3) is 0 Å². The predicted octanol–water partition coefficient (Wildman–Crippen LogP) is 1.30. The Morgan fingerprint density at radius 1 is 1.62 bits per heavy atom. The number of aryl methyl sites for hydroxylation is 1. The van der Waals surface area contributed by atoms with Crippen LogP contribution in [0.15, 0.2) is 5.38 Å². The van der Waals surface area contributed by atoms with E-state index in [1.165, 1.54) is 0 Å². The van der Waals surface area contributed by atoms with Crippen LogP contribution in [0.5, 0.6) is 0 Å². The van der Waals surface area contributed by atoms with Gasteiger partial charge in [0.1, 0.15) is 0 Å². The molecule has 0 saturated heterocycles. The van der Waals surface area contributed by atoms with Crippen molar-refractivity contribution in [2.24, 2.45) is 11.7 Å². The lowest BCUT2D eigenvalue weighted by Gasteiger charge is -2.14. The van der Waals surface area contributed by atoms with Crippen LogP contribution in [0.1, 0.15) is 31.5 Å². The Hall–Kier alpha value is -0.940. The van der Waals surface area contributed by atoms with E-state index >= 15 is 0 Å². The second-order valence-corrected chi connectivity index (χ2v) is 5.02. The summed E-state index contributed by atoms with van der Waals surface area (Å²) in [5.74, 6) is 0.0442. The minimum Gasteiger partial charge on any atom is -0.349 e. The summed E-state index contributed by atoms with van der Waals surface area (Å²) in [6.45, 7) is 6.40. The maximum Gasteiger partial charge on any atom is 0.237 e. The van der Waals surface area contributed by atoms with E-state index < -0.39 is 6.04 Å². The number of nitrogens with one attached hydrogen (secondary N) is 1. The van der Waals surface area contributed by atoms with Gasteiger partial charge in [-0.25, -0.2) is 4.98 Å². The lowest BCUT2D eigenvalue weighted by atomic mass is 10.1. The summed E-state index contributed by atoms with van der Waals surface area (Å²) in [7, 11) is 0. The molecule has 0 aliphatic heterocycles. The van der Waals surface area contributed by atoms with Gasteiger partial charge >= 0.3 is 0 Å². The molecule has 1 heterocycles. The van der Waals surface area contributed by atoms with Crippen molar-refractivity contribution in [3.63, 3.8) is 0 Å². The van der Waals surface area contributed by atoms with Crippen LogP contribution in [-0.2, 0) is 17.8 Å². The molecule has 1 atom stereocenters. The zero-order valence-corrected chi connectivity index (χ0v) is 10.8. The van der Waals surface area contributed by atoms with Crippen molar-refractivity contribution in [2.75, 3.05) is 0 Å². The number of nitrogens with two attached hydrogens (primary N) is 1. The number of carbonyl (C=O) groups is 1. The molecule has 0 saturated carbocycles. The van der Waals surface area contributed by atoms with Gasteiger partial charge in [-0.2, -0.15) is 0 Å². The third kappa shape index (κ3) is 3.57. The van der Waals surface area contributed by atoms with Gasteiger partial charge in [0, 0.05) is 5.38 Å². The molecule has 1 aromatic heterocycles. The second-order valence-electron chi connectivity index (χ2n) is 4.07. The lowest BCUT2D eigenvalue weighted by molar-refractivity contribution is -0.123. The normalized spacial score (nSPS) is 12.8. The average molecular weight is 241 g/mol. The van der Waals surface area contributed by atoms with Gasteiger partial charge in [0.2, 0.25) is 5.91 Å². The topological polar surface area (TPSA) is 68.0 Å². The van der Waals surface area contributed by atoms with Crippen LogP contribution in [0.4, 0.5) is 0 Å². The van der Waals surface area contributed by atoms with E-state index in [1.807, 2.05) is 19.2 Å². The smallest absolute Gasteiger partial charge is 0.237 e. The summed E-state index contributed by atoms with van der Waals surface area (Å²) >= 11 is 1.62. The lowest BCUT2D eigenvalue weighted by Crippen LogP contribution is -2.43. The molecule has 3 N–H and O–H groups in total. The van der Waals surface area contributed by atoms with Crippen LogP contribution >= 0.6 is 11.3 Å². The molecule has 1 rings (SSSR count). The molecule has 4 nitrogen and oxygen atoms in total. The molecule has 0 aliphatic rings. The highest BCUT2D eigenvalue weighted by Gasteiger charge is 2.16. The Kier molecular flexibility index (Phi) is 4.89. The monoisotopic (exact) mass is 241 g/mol. The first kappa shape index (κ1) is 13.1. The van der Waals surface area contributed by atoms with Crippen molar-refractivity contribution in [1.29, 1.82) is 0 Å². The molecular formula is C11H19N3OS. The minimum absolute atomic E-state index is 0.110. The average Bonchev–Trinajstić information content (AvgIpc) is 2.72. The summed E-state index contributed by atoms with van der Waals surface area (Å²) in [6.07, 6.45) is 0.935. The molecule has 0 unspecified atom stereocenters. The first-order valence-corrected chi connectivity index (χ1v) is 6.39. The van der Waals surface area contributed by atoms with Gasteiger partial charge in [0.15, 0.2) is 0 Å². The highest BCUT2D eigenvalue weighted by molar-refractivity contribution is 7.09. The molecule has 90 valence electrons. The van der Waals surface area contributed by atoms with E-state index in [2.05, 4.69) is 17.2 Å². The SMILES string of the molecule is CCc1nc(CNC(=O)[C@@H](N)C(C)C)cs1. The number of carbonyl (C=O) groups excluding carboxylic acids is 1. The fourth-order valence-electron chi connectivity index (χ4n) is 1.19. The molecular weight excluding hydrogens is 222 g/mol. The fourth-order valence-corrected chi connectivity index (χ4v) is 1.94. The van der Waals surface area contributed by atoms with E-state index in [9.17, 15) is 4.79 Å². The maximum atomic E-state index is 11.6. The molecule has 0 bridgehead atoms. The van der Waals surface area contributed by atoms with E-state index in [-0.39, 0.29) is 11.8 Å². The number of thiazole rings is 1. The Bertz CT molecular complexity index is 349. The van der Waals surface area contributed by atoms with Crippen molar-refractivity contribution in [3.8, 4) is 0 Å². The summed E-state index contributed by atoms with van der Waals surface area (Å²) in [5, 5.41) is 5.86. The van der Waals surface area contributed by atoms with Gasteiger partial charge in [-0.05, 0) is 12.3 Å². The van der Waals surface area contributed by atoms with Crippen LogP contribution in [-0.4, -0.2) is 16.9 Å². The van der Waals surface area contributed by atoms with Crippen molar-refractivity contribution in [2.45, 2.75) is 39.8 Å². The molecule has 5 heteroatoms. The molecule has 16 heavy (non-hydrogen) atoms. The van der Waals surface area contributed by atoms with Gasteiger partial charge < -0.3 is 11.1 Å². The molecule has 1 aromatic rings. The first-order valence-electron chi connectivity index (χ1n) is 5.51.